The average molecular weight is 426 g/mol. The van der Waals surface area contributed by atoms with E-state index in [1.807, 2.05) is 12.1 Å². The number of nitrogens with zero attached hydrogens (tertiary/aromatic N) is 1. The van der Waals surface area contributed by atoms with Crippen molar-refractivity contribution in [3.63, 3.8) is 0 Å². The van der Waals surface area contributed by atoms with Gasteiger partial charge in [0.2, 0.25) is 0 Å². The highest BCUT2D eigenvalue weighted by Crippen LogP contribution is 2.33. The maximum absolute atomic E-state index is 12.4. The van der Waals surface area contributed by atoms with Crippen LogP contribution in [0.1, 0.15) is 32.3 Å². The Hall–Kier alpha value is -1.60. The second-order valence-electron chi connectivity index (χ2n) is 6.41. The molecule has 27 heavy (non-hydrogen) atoms. The fraction of sp³-hybridized carbons (Fsp3) is 0.316. The highest BCUT2D eigenvalue weighted by Gasteiger charge is 2.30. The van der Waals surface area contributed by atoms with Crippen molar-refractivity contribution in [1.82, 2.24) is 5.32 Å². The monoisotopic (exact) mass is 425 g/mol. The molecule has 1 heterocycles. The molecule has 0 aromatic heterocycles. The van der Waals surface area contributed by atoms with E-state index in [-0.39, 0.29) is 17.0 Å². The first-order chi connectivity index (χ1) is 12.8. The van der Waals surface area contributed by atoms with Crippen LogP contribution in [0.5, 0.6) is 0 Å². The second-order valence-corrected chi connectivity index (χ2v) is 8.79. The van der Waals surface area contributed by atoms with Crippen LogP contribution in [0.15, 0.2) is 51.8 Å². The van der Waals surface area contributed by atoms with Gasteiger partial charge >= 0.3 is 0 Å². The number of hydrogen-bond donors (Lipinski definition) is 2. The molecule has 0 fully saturated rings. The minimum Gasteiger partial charge on any atom is -0.341 e. The molecule has 8 heteroatoms. The molecule has 144 valence electrons. The average Bonchev–Trinajstić information content (AvgIpc) is 2.65. The van der Waals surface area contributed by atoms with E-state index >= 15 is 0 Å². The number of amidine groups is 1. The van der Waals surface area contributed by atoms with Crippen molar-refractivity contribution >= 4 is 44.7 Å². The van der Waals surface area contributed by atoms with E-state index < -0.39 is 10.0 Å². The Morgan fingerprint density at radius 3 is 2.44 bits per heavy atom. The highest BCUT2D eigenvalue weighted by atomic mass is 35.5. The standard InChI is InChI=1S/C19H21Cl2N3O2S/c1-3-19(4-2,13-9-10-14(20)15(21)11-13)22-12-18-23-16-7-5-6-8-17(16)27(25,26)24-18/h5-11,22H,3-4,12H2,1-2H3,(H,23,24). The van der Waals surface area contributed by atoms with E-state index in [9.17, 15) is 8.42 Å². The minimum absolute atomic E-state index is 0.190. The molecule has 2 N–H and O–H groups in total. The first-order valence-electron chi connectivity index (χ1n) is 8.72. The number of halogens is 2. The Kier molecular flexibility index (Phi) is 5.82. The first kappa shape index (κ1) is 20.1. The fourth-order valence-electron chi connectivity index (χ4n) is 3.30. The molecule has 5 nitrogen and oxygen atoms in total. The molecule has 0 amide bonds. The topological polar surface area (TPSA) is 70.6 Å². The molecule has 0 saturated carbocycles. The molecule has 0 aliphatic carbocycles. The minimum atomic E-state index is -3.70. The van der Waals surface area contributed by atoms with E-state index in [1.165, 1.54) is 0 Å². The quantitative estimate of drug-likeness (QED) is 0.696. The Bertz CT molecular complexity index is 986. The molecular formula is C19H21Cl2N3O2S. The van der Waals surface area contributed by atoms with Crippen LogP contribution in [-0.4, -0.2) is 20.8 Å². The van der Waals surface area contributed by atoms with E-state index in [2.05, 4.69) is 28.9 Å². The van der Waals surface area contributed by atoms with E-state index in [1.54, 1.807) is 30.3 Å². The largest absolute Gasteiger partial charge is 0.341 e. The molecule has 3 rings (SSSR count). The molecule has 0 bridgehead atoms. The van der Waals surface area contributed by atoms with E-state index in [0.29, 0.717) is 21.6 Å². The number of benzene rings is 2. The maximum atomic E-state index is 12.4. The molecule has 0 spiro atoms. The van der Waals surface area contributed by atoms with Crippen LogP contribution < -0.4 is 10.6 Å². The van der Waals surface area contributed by atoms with Crippen LogP contribution >= 0.6 is 23.2 Å². The fourth-order valence-corrected chi connectivity index (χ4v) is 4.75. The summed E-state index contributed by atoms with van der Waals surface area (Å²) in [4.78, 5) is 0.190. The van der Waals surface area contributed by atoms with Crippen molar-refractivity contribution in [2.45, 2.75) is 37.1 Å². The van der Waals surface area contributed by atoms with E-state index in [4.69, 9.17) is 23.2 Å². The van der Waals surface area contributed by atoms with Gasteiger partial charge in [-0.1, -0.05) is 55.2 Å². The predicted octanol–water partition coefficient (Wildman–Crippen LogP) is 4.81. The molecule has 0 saturated heterocycles. The van der Waals surface area contributed by atoms with Crippen molar-refractivity contribution < 1.29 is 8.42 Å². The zero-order valence-electron chi connectivity index (χ0n) is 15.1. The van der Waals surface area contributed by atoms with Gasteiger partial charge < -0.3 is 10.6 Å². The summed E-state index contributed by atoms with van der Waals surface area (Å²) in [6.07, 6.45) is 1.58. The number of hydrogen-bond acceptors (Lipinski definition) is 4. The lowest BCUT2D eigenvalue weighted by molar-refractivity contribution is 0.325. The molecule has 1 aliphatic rings. The SMILES string of the molecule is CCC(CC)(NCC1=NS(=O)(=O)c2ccccc2N1)c1ccc(Cl)c(Cl)c1. The van der Waals surface area contributed by atoms with Crippen LogP contribution in [-0.2, 0) is 15.6 Å². The van der Waals surface area contributed by atoms with Crippen LogP contribution in [0.3, 0.4) is 0 Å². The van der Waals surface area contributed by atoms with Crippen LogP contribution in [0.4, 0.5) is 5.69 Å². The lowest BCUT2D eigenvalue weighted by Crippen LogP contribution is -2.45. The Labute approximate surface area is 169 Å². The lowest BCUT2D eigenvalue weighted by atomic mass is 9.84. The lowest BCUT2D eigenvalue weighted by Gasteiger charge is -2.34. The third kappa shape index (κ3) is 3.99. The van der Waals surface area contributed by atoms with Gasteiger partial charge in [-0.25, -0.2) is 0 Å². The van der Waals surface area contributed by atoms with E-state index in [0.717, 1.165) is 18.4 Å². The summed E-state index contributed by atoms with van der Waals surface area (Å²) < 4.78 is 28.7. The molecule has 0 unspecified atom stereocenters. The number of rotatable bonds is 6. The van der Waals surface area contributed by atoms with Crippen LogP contribution in [0.2, 0.25) is 10.0 Å². The van der Waals surface area contributed by atoms with Gasteiger partial charge in [0.05, 0.1) is 22.3 Å². The molecule has 1 aliphatic heterocycles. The Balaban J connectivity index is 1.87. The molecule has 0 atom stereocenters. The van der Waals surface area contributed by atoms with Crippen molar-refractivity contribution in [2.24, 2.45) is 4.40 Å². The maximum Gasteiger partial charge on any atom is 0.286 e. The number of fused-ring (bicyclic) bond motifs is 1. The van der Waals surface area contributed by atoms with Gasteiger partial charge in [0, 0.05) is 5.54 Å². The molecule has 0 radical (unpaired) electrons. The van der Waals surface area contributed by atoms with Crippen molar-refractivity contribution in [1.29, 1.82) is 0 Å². The summed E-state index contributed by atoms with van der Waals surface area (Å²) in [5.41, 5.74) is 1.16. The number of para-hydroxylation sites is 1. The van der Waals surface area contributed by atoms with Gasteiger partial charge in [0.1, 0.15) is 10.7 Å². The summed E-state index contributed by atoms with van der Waals surface area (Å²) in [7, 11) is -3.70. The first-order valence-corrected chi connectivity index (χ1v) is 10.9. The number of sulfonamides is 1. The molecule has 2 aromatic rings. The number of nitrogens with one attached hydrogen (secondary N) is 2. The molecule has 2 aromatic carbocycles. The second kappa shape index (κ2) is 7.80. The zero-order chi connectivity index (χ0) is 19.7. The summed E-state index contributed by atoms with van der Waals surface area (Å²) in [6, 6.07) is 12.3. The van der Waals surface area contributed by atoms with Crippen LogP contribution in [0, 0.1) is 0 Å². The Morgan fingerprint density at radius 2 is 1.78 bits per heavy atom. The predicted molar refractivity (Wildman–Crippen MR) is 111 cm³/mol. The summed E-state index contributed by atoms with van der Waals surface area (Å²) in [6.45, 7) is 4.41. The van der Waals surface area contributed by atoms with Crippen molar-refractivity contribution in [3.05, 3.63) is 58.1 Å². The third-order valence-corrected chi connectivity index (χ3v) is 7.06. The molecular weight excluding hydrogens is 405 g/mol. The Morgan fingerprint density at radius 1 is 1.07 bits per heavy atom. The summed E-state index contributed by atoms with van der Waals surface area (Å²) in [5, 5.41) is 7.58. The van der Waals surface area contributed by atoms with Crippen molar-refractivity contribution in [2.75, 3.05) is 11.9 Å². The smallest absolute Gasteiger partial charge is 0.286 e. The van der Waals surface area contributed by atoms with Crippen molar-refractivity contribution in [3.8, 4) is 0 Å². The van der Waals surface area contributed by atoms with Gasteiger partial charge in [-0.05, 0) is 42.7 Å². The third-order valence-electron chi connectivity index (χ3n) is 4.95. The summed E-state index contributed by atoms with van der Waals surface area (Å²) in [5.74, 6) is 0.361. The van der Waals surface area contributed by atoms with Gasteiger partial charge in [-0.3, -0.25) is 0 Å². The normalized spacial score (nSPS) is 15.6. The van der Waals surface area contributed by atoms with Gasteiger partial charge in [-0.2, -0.15) is 8.42 Å². The van der Waals surface area contributed by atoms with Gasteiger partial charge in [-0.15, -0.1) is 4.40 Å². The van der Waals surface area contributed by atoms with Gasteiger partial charge in [0.25, 0.3) is 10.0 Å². The zero-order valence-corrected chi connectivity index (χ0v) is 17.4. The highest BCUT2D eigenvalue weighted by molar-refractivity contribution is 7.90. The number of anilines is 1. The van der Waals surface area contributed by atoms with Crippen LogP contribution in [0.25, 0.3) is 0 Å². The summed E-state index contributed by atoms with van der Waals surface area (Å²) >= 11 is 12.2. The van der Waals surface area contributed by atoms with Gasteiger partial charge in [0.15, 0.2) is 0 Å².